The highest BCUT2D eigenvalue weighted by Gasteiger charge is 2.16. The molecule has 33 heavy (non-hydrogen) atoms. The first-order chi connectivity index (χ1) is 15.8. The Bertz CT molecular complexity index is 1010. The second kappa shape index (κ2) is 12.8. The summed E-state index contributed by atoms with van der Waals surface area (Å²) < 4.78 is 0. The van der Waals surface area contributed by atoms with Gasteiger partial charge in [-0.25, -0.2) is 9.98 Å². The predicted molar refractivity (Wildman–Crippen MR) is 149 cm³/mol. The molecule has 0 saturated carbocycles. The molecule has 4 rings (SSSR count). The highest BCUT2D eigenvalue weighted by atomic mass is 127. The Labute approximate surface area is 214 Å². The molecule has 0 amide bonds. The fraction of sp³-hybridized carbons (Fsp3) is 0.440. The average Bonchev–Trinajstić information content (AvgIpc) is 3.26. The summed E-state index contributed by atoms with van der Waals surface area (Å²) in [7, 11) is 0. The number of aromatic amines is 1. The van der Waals surface area contributed by atoms with E-state index in [1.807, 2.05) is 6.20 Å². The second-order valence-electron chi connectivity index (χ2n) is 8.18. The first-order valence-electron chi connectivity index (χ1n) is 11.8. The molecule has 1 saturated heterocycles. The summed E-state index contributed by atoms with van der Waals surface area (Å²) in [5, 5.41) is 8.09. The van der Waals surface area contributed by atoms with E-state index in [2.05, 4.69) is 81.9 Å². The van der Waals surface area contributed by atoms with Crippen LogP contribution in [0.3, 0.4) is 0 Å². The molecule has 0 bridgehead atoms. The number of rotatable bonds is 8. The number of aliphatic imine (C=N–C) groups is 1. The van der Waals surface area contributed by atoms with E-state index in [0.717, 1.165) is 69.6 Å². The Morgan fingerprint density at radius 1 is 1.06 bits per heavy atom. The first-order valence-corrected chi connectivity index (χ1v) is 11.8. The third-order valence-electron chi connectivity index (χ3n) is 6.08. The van der Waals surface area contributed by atoms with E-state index in [1.165, 1.54) is 16.5 Å². The number of guanidine groups is 1. The van der Waals surface area contributed by atoms with E-state index in [-0.39, 0.29) is 24.0 Å². The van der Waals surface area contributed by atoms with E-state index in [4.69, 9.17) is 9.98 Å². The molecule has 3 N–H and O–H groups in total. The highest BCUT2D eigenvalue weighted by molar-refractivity contribution is 14.0. The zero-order chi connectivity index (χ0) is 22.2. The molecule has 3 aromatic rings. The van der Waals surface area contributed by atoms with Crippen molar-refractivity contribution in [2.24, 2.45) is 4.99 Å². The van der Waals surface area contributed by atoms with E-state index in [9.17, 15) is 0 Å². The van der Waals surface area contributed by atoms with Crippen LogP contribution in [0, 0.1) is 0 Å². The molecule has 0 atom stereocenters. The highest BCUT2D eigenvalue weighted by Crippen LogP contribution is 2.18. The van der Waals surface area contributed by atoms with E-state index in [1.54, 1.807) is 0 Å². The number of pyridine rings is 1. The summed E-state index contributed by atoms with van der Waals surface area (Å²) >= 11 is 0. The zero-order valence-corrected chi connectivity index (χ0v) is 22.0. The second-order valence-corrected chi connectivity index (χ2v) is 8.18. The number of likely N-dealkylation sites (N-methyl/N-ethyl adjacent to an activating group) is 1. The molecule has 3 heterocycles. The largest absolute Gasteiger partial charge is 0.361 e. The van der Waals surface area contributed by atoms with Gasteiger partial charge in [-0.1, -0.05) is 31.2 Å². The monoisotopic (exact) mass is 561 g/mol. The quantitative estimate of drug-likeness (QED) is 0.223. The molecule has 0 aliphatic carbocycles. The van der Waals surface area contributed by atoms with Crippen LogP contribution in [0.1, 0.15) is 25.0 Å². The van der Waals surface area contributed by atoms with E-state index < -0.39 is 0 Å². The summed E-state index contributed by atoms with van der Waals surface area (Å²) in [6.45, 7) is 12.0. The molecule has 8 heteroatoms. The van der Waals surface area contributed by atoms with Crippen molar-refractivity contribution in [3.63, 3.8) is 0 Å². The van der Waals surface area contributed by atoms with Gasteiger partial charge in [0.1, 0.15) is 5.82 Å². The molecule has 7 nitrogen and oxygen atoms in total. The maximum atomic E-state index is 4.75. The molecule has 0 radical (unpaired) electrons. The number of nitrogens with one attached hydrogen (secondary N) is 3. The summed E-state index contributed by atoms with van der Waals surface area (Å²) in [4.78, 5) is 17.6. The van der Waals surface area contributed by atoms with Gasteiger partial charge in [-0.2, -0.15) is 0 Å². The smallest absolute Gasteiger partial charge is 0.191 e. The van der Waals surface area contributed by atoms with Crippen molar-refractivity contribution in [1.29, 1.82) is 0 Å². The summed E-state index contributed by atoms with van der Waals surface area (Å²) in [5.74, 6) is 1.91. The number of H-pyrrole nitrogens is 1. The summed E-state index contributed by atoms with van der Waals surface area (Å²) in [6.07, 6.45) is 5.00. The Hall–Kier alpha value is -2.33. The standard InChI is InChI=1S/C25H35N7.HI/c1-3-26-25(27-12-11-21-19-28-23-8-6-5-7-22(21)23)30-18-20-9-10-24(29-17-20)32-15-13-31(4-2)14-16-32;/h5-10,17,19,28H,3-4,11-16,18H2,1-2H3,(H2,26,27,30);1H. The number of anilines is 1. The summed E-state index contributed by atoms with van der Waals surface area (Å²) in [6, 6.07) is 12.7. The minimum atomic E-state index is 0. The van der Waals surface area contributed by atoms with Crippen molar-refractivity contribution in [2.45, 2.75) is 26.8 Å². The molecule has 0 spiro atoms. The fourth-order valence-electron chi connectivity index (χ4n) is 4.16. The minimum absolute atomic E-state index is 0. The van der Waals surface area contributed by atoms with Crippen molar-refractivity contribution in [3.05, 3.63) is 59.9 Å². The number of benzene rings is 1. The van der Waals surface area contributed by atoms with Crippen molar-refractivity contribution in [3.8, 4) is 0 Å². The van der Waals surface area contributed by atoms with Gasteiger partial charge in [0.05, 0.1) is 6.54 Å². The van der Waals surface area contributed by atoms with Crippen molar-refractivity contribution >= 4 is 46.7 Å². The van der Waals surface area contributed by atoms with Crippen molar-refractivity contribution in [2.75, 3.05) is 50.7 Å². The van der Waals surface area contributed by atoms with E-state index >= 15 is 0 Å². The molecule has 1 fully saturated rings. The molecular formula is C25H36IN7. The number of fused-ring (bicyclic) bond motifs is 1. The van der Waals surface area contributed by atoms with Crippen LogP contribution in [0.2, 0.25) is 0 Å². The lowest BCUT2D eigenvalue weighted by molar-refractivity contribution is 0.270. The topological polar surface area (TPSA) is 71.6 Å². The Morgan fingerprint density at radius 3 is 2.61 bits per heavy atom. The first kappa shape index (κ1) is 25.3. The number of halogens is 1. The van der Waals surface area contributed by atoms with Gasteiger partial charge in [-0.3, -0.25) is 0 Å². The van der Waals surface area contributed by atoms with Gasteiger partial charge >= 0.3 is 0 Å². The van der Waals surface area contributed by atoms with Crippen LogP contribution in [0.5, 0.6) is 0 Å². The van der Waals surface area contributed by atoms with Crippen LogP contribution >= 0.6 is 24.0 Å². The summed E-state index contributed by atoms with van der Waals surface area (Å²) in [5.41, 5.74) is 3.63. The third-order valence-corrected chi connectivity index (χ3v) is 6.08. The molecule has 0 unspecified atom stereocenters. The Balaban J connectivity index is 0.00000306. The van der Waals surface area contributed by atoms with Crippen molar-refractivity contribution < 1.29 is 0 Å². The van der Waals surface area contributed by atoms with Crippen LogP contribution in [-0.4, -0.2) is 66.6 Å². The normalized spacial score (nSPS) is 14.8. The zero-order valence-electron chi connectivity index (χ0n) is 19.7. The van der Waals surface area contributed by atoms with Crippen LogP contribution in [0.4, 0.5) is 5.82 Å². The van der Waals surface area contributed by atoms with Crippen LogP contribution in [0.25, 0.3) is 10.9 Å². The van der Waals surface area contributed by atoms with Gasteiger partial charge in [0.25, 0.3) is 0 Å². The number of aromatic nitrogens is 2. The number of piperazine rings is 1. The Kier molecular flexibility index (Phi) is 9.80. The maximum absolute atomic E-state index is 4.75. The van der Waals surface area contributed by atoms with Gasteiger partial charge in [-0.05, 0) is 43.1 Å². The lowest BCUT2D eigenvalue weighted by atomic mass is 10.1. The van der Waals surface area contributed by atoms with Crippen LogP contribution in [-0.2, 0) is 13.0 Å². The van der Waals surface area contributed by atoms with Crippen LogP contribution in [0.15, 0.2) is 53.8 Å². The van der Waals surface area contributed by atoms with Gasteiger partial charge < -0.3 is 25.4 Å². The Morgan fingerprint density at radius 2 is 1.88 bits per heavy atom. The molecule has 1 aliphatic rings. The fourth-order valence-corrected chi connectivity index (χ4v) is 4.16. The molecule has 2 aromatic heterocycles. The molecule has 1 aliphatic heterocycles. The molecular weight excluding hydrogens is 525 g/mol. The van der Waals surface area contributed by atoms with Crippen molar-refractivity contribution in [1.82, 2.24) is 25.5 Å². The number of hydrogen-bond donors (Lipinski definition) is 3. The average molecular weight is 562 g/mol. The van der Waals surface area contributed by atoms with E-state index in [0.29, 0.717) is 6.54 Å². The third kappa shape index (κ3) is 6.83. The van der Waals surface area contributed by atoms with Gasteiger partial charge in [-0.15, -0.1) is 24.0 Å². The number of para-hydroxylation sites is 1. The lowest BCUT2D eigenvalue weighted by Crippen LogP contribution is -2.46. The molecule has 178 valence electrons. The SMILES string of the molecule is CCNC(=NCc1ccc(N2CCN(CC)CC2)nc1)NCCc1c[nH]c2ccccc12.I. The maximum Gasteiger partial charge on any atom is 0.191 e. The lowest BCUT2D eigenvalue weighted by Gasteiger charge is -2.34. The van der Waals surface area contributed by atoms with Gasteiger partial charge in [0.15, 0.2) is 5.96 Å². The van der Waals surface area contributed by atoms with Crippen LogP contribution < -0.4 is 15.5 Å². The predicted octanol–water partition coefficient (Wildman–Crippen LogP) is 3.62. The number of hydrogen-bond acceptors (Lipinski definition) is 4. The minimum Gasteiger partial charge on any atom is -0.361 e. The van der Waals surface area contributed by atoms with Gasteiger partial charge in [0, 0.05) is 62.6 Å². The van der Waals surface area contributed by atoms with Gasteiger partial charge in [0.2, 0.25) is 0 Å². The number of nitrogens with zero attached hydrogens (tertiary/aromatic N) is 4. The molecule has 1 aromatic carbocycles.